The van der Waals surface area contributed by atoms with Gasteiger partial charge >= 0.3 is 6.03 Å². The second-order valence-electron chi connectivity index (χ2n) is 8.28. The van der Waals surface area contributed by atoms with Gasteiger partial charge in [-0.1, -0.05) is 48.5 Å². The van der Waals surface area contributed by atoms with Gasteiger partial charge in [0.1, 0.15) is 17.9 Å². The van der Waals surface area contributed by atoms with E-state index in [1.807, 2.05) is 61.5 Å². The lowest BCUT2D eigenvalue weighted by atomic mass is 9.93. The molecule has 1 heterocycles. The zero-order valence-electron chi connectivity index (χ0n) is 18.8. The maximum atomic E-state index is 12.8. The first-order valence-corrected chi connectivity index (χ1v) is 10.7. The molecule has 1 unspecified atom stereocenters. The first-order chi connectivity index (χ1) is 15.3. The number of imide groups is 1. The van der Waals surface area contributed by atoms with Gasteiger partial charge in [0.2, 0.25) is 0 Å². The third-order valence-corrected chi connectivity index (χ3v) is 5.49. The molecular formula is C24H30N4O4. The maximum absolute atomic E-state index is 12.8. The van der Waals surface area contributed by atoms with E-state index in [0.29, 0.717) is 26.0 Å². The van der Waals surface area contributed by atoms with E-state index in [1.165, 1.54) is 0 Å². The molecule has 32 heavy (non-hydrogen) atoms. The van der Waals surface area contributed by atoms with Crippen molar-refractivity contribution in [3.8, 4) is 5.75 Å². The molecule has 1 saturated heterocycles. The summed E-state index contributed by atoms with van der Waals surface area (Å²) in [5, 5.41) is 3.49. The zero-order chi connectivity index (χ0) is 23.1. The number of ether oxygens (including phenoxy) is 1. The monoisotopic (exact) mass is 438 g/mol. The topological polar surface area (TPSA) is 91.0 Å². The van der Waals surface area contributed by atoms with E-state index in [1.54, 1.807) is 18.9 Å². The van der Waals surface area contributed by atoms with Crippen molar-refractivity contribution >= 4 is 17.8 Å². The fraction of sp³-hybridized carbons (Fsp3) is 0.375. The van der Waals surface area contributed by atoms with Gasteiger partial charge in [0.15, 0.2) is 0 Å². The van der Waals surface area contributed by atoms with Crippen LogP contribution in [-0.2, 0) is 16.0 Å². The van der Waals surface area contributed by atoms with Crippen molar-refractivity contribution in [2.75, 3.05) is 26.7 Å². The normalized spacial score (nSPS) is 18.1. The third-order valence-electron chi connectivity index (χ3n) is 5.49. The second-order valence-corrected chi connectivity index (χ2v) is 8.28. The number of urea groups is 1. The van der Waals surface area contributed by atoms with Gasteiger partial charge in [0.25, 0.3) is 11.8 Å². The Morgan fingerprint density at radius 2 is 1.81 bits per heavy atom. The summed E-state index contributed by atoms with van der Waals surface area (Å²) in [6.07, 6.45) is 1.07. The number of nitrogens with zero attached hydrogens (tertiary/aromatic N) is 2. The molecule has 170 valence electrons. The Bertz CT molecular complexity index is 965. The Morgan fingerprint density at radius 3 is 2.53 bits per heavy atom. The van der Waals surface area contributed by atoms with Crippen LogP contribution in [0.25, 0.3) is 0 Å². The SMILES string of the molecule is Cc1ccccc1OCCN(C)CC(=O)NN1C(=O)NC(C)(CCc2ccccc2)C1=O. The number of nitrogens with one attached hydrogen (secondary N) is 2. The molecule has 0 radical (unpaired) electrons. The van der Waals surface area contributed by atoms with Gasteiger partial charge in [-0.2, -0.15) is 5.01 Å². The van der Waals surface area contributed by atoms with E-state index in [-0.39, 0.29) is 6.54 Å². The maximum Gasteiger partial charge on any atom is 0.344 e. The lowest BCUT2D eigenvalue weighted by Gasteiger charge is -2.22. The minimum atomic E-state index is -1.06. The van der Waals surface area contributed by atoms with Crippen molar-refractivity contribution in [3.63, 3.8) is 0 Å². The number of carbonyl (C=O) groups is 3. The van der Waals surface area contributed by atoms with E-state index in [4.69, 9.17) is 4.74 Å². The van der Waals surface area contributed by atoms with Crippen molar-refractivity contribution < 1.29 is 19.1 Å². The van der Waals surface area contributed by atoms with Gasteiger partial charge in [0.05, 0.1) is 6.54 Å². The highest BCUT2D eigenvalue weighted by Gasteiger charge is 2.48. The molecule has 0 aliphatic carbocycles. The molecule has 0 aromatic heterocycles. The van der Waals surface area contributed by atoms with E-state index in [0.717, 1.165) is 21.9 Å². The van der Waals surface area contributed by atoms with E-state index >= 15 is 0 Å². The highest BCUT2D eigenvalue weighted by Crippen LogP contribution is 2.22. The molecule has 2 aromatic carbocycles. The van der Waals surface area contributed by atoms with Crippen LogP contribution in [0.1, 0.15) is 24.5 Å². The molecular weight excluding hydrogens is 408 g/mol. The first-order valence-electron chi connectivity index (χ1n) is 10.7. The summed E-state index contributed by atoms with van der Waals surface area (Å²) in [6, 6.07) is 16.8. The average molecular weight is 439 g/mol. The molecule has 1 atom stereocenters. The molecule has 1 fully saturated rings. The lowest BCUT2D eigenvalue weighted by molar-refractivity contribution is -0.139. The van der Waals surface area contributed by atoms with Crippen LogP contribution in [0.4, 0.5) is 4.79 Å². The highest BCUT2D eigenvalue weighted by atomic mass is 16.5. The number of benzene rings is 2. The smallest absolute Gasteiger partial charge is 0.344 e. The van der Waals surface area contributed by atoms with E-state index in [9.17, 15) is 14.4 Å². The summed E-state index contributed by atoms with van der Waals surface area (Å²) in [5.74, 6) is -0.101. The number of amides is 4. The molecule has 4 amide bonds. The number of hydrazine groups is 1. The number of likely N-dealkylation sites (N-methyl/N-ethyl adjacent to an activating group) is 1. The first kappa shape index (κ1) is 23.3. The van der Waals surface area contributed by atoms with Gasteiger partial charge in [0, 0.05) is 6.54 Å². The van der Waals surface area contributed by atoms with Crippen molar-refractivity contribution in [2.45, 2.75) is 32.2 Å². The zero-order valence-corrected chi connectivity index (χ0v) is 18.8. The van der Waals surface area contributed by atoms with Crippen molar-refractivity contribution in [1.82, 2.24) is 20.7 Å². The molecule has 2 aromatic rings. The van der Waals surface area contributed by atoms with Crippen LogP contribution in [0.5, 0.6) is 5.75 Å². The van der Waals surface area contributed by atoms with Gasteiger partial charge in [-0.05, 0) is 50.9 Å². The van der Waals surface area contributed by atoms with Crippen LogP contribution < -0.4 is 15.5 Å². The van der Waals surface area contributed by atoms with Crippen LogP contribution in [0, 0.1) is 6.92 Å². The standard InChI is InChI=1S/C24H30N4O4/c1-18-9-7-8-12-20(18)32-16-15-27(3)17-21(29)26-28-22(30)24(2,25-23(28)31)14-13-19-10-5-4-6-11-19/h4-12H,13-17H2,1-3H3,(H,25,31)(H,26,29). The summed E-state index contributed by atoms with van der Waals surface area (Å²) in [6.45, 7) is 4.59. The number of rotatable bonds is 10. The van der Waals surface area contributed by atoms with E-state index in [2.05, 4.69) is 10.7 Å². The third kappa shape index (κ3) is 5.85. The minimum absolute atomic E-state index is 0.0227. The van der Waals surface area contributed by atoms with E-state index < -0.39 is 23.4 Å². The Balaban J connectivity index is 1.46. The van der Waals surface area contributed by atoms with Crippen LogP contribution in [0.3, 0.4) is 0 Å². The summed E-state index contributed by atoms with van der Waals surface area (Å²) in [5.41, 5.74) is 3.49. The fourth-order valence-corrected chi connectivity index (χ4v) is 3.51. The minimum Gasteiger partial charge on any atom is -0.492 e. The van der Waals surface area contributed by atoms with Crippen molar-refractivity contribution in [2.24, 2.45) is 0 Å². The Hall–Kier alpha value is -3.39. The predicted molar refractivity (Wildman–Crippen MR) is 121 cm³/mol. The molecule has 3 rings (SSSR count). The second kappa shape index (κ2) is 10.3. The van der Waals surface area contributed by atoms with Gasteiger partial charge in [-0.15, -0.1) is 0 Å². The van der Waals surface area contributed by atoms with Gasteiger partial charge in [-0.3, -0.25) is 19.9 Å². The molecule has 0 bridgehead atoms. The predicted octanol–water partition coefficient (Wildman–Crippen LogP) is 2.28. The number of hydrogen-bond acceptors (Lipinski definition) is 5. The molecule has 0 saturated carbocycles. The Kier molecular flexibility index (Phi) is 7.48. The molecule has 1 aliphatic rings. The van der Waals surface area contributed by atoms with Crippen molar-refractivity contribution in [3.05, 3.63) is 65.7 Å². The van der Waals surface area contributed by atoms with Crippen LogP contribution in [0.2, 0.25) is 0 Å². The molecule has 1 aliphatic heterocycles. The summed E-state index contributed by atoms with van der Waals surface area (Å²) in [7, 11) is 1.77. The fourth-order valence-electron chi connectivity index (χ4n) is 3.51. The quantitative estimate of drug-likeness (QED) is 0.556. The van der Waals surface area contributed by atoms with Gasteiger partial charge < -0.3 is 10.1 Å². The van der Waals surface area contributed by atoms with Crippen LogP contribution in [0.15, 0.2) is 54.6 Å². The summed E-state index contributed by atoms with van der Waals surface area (Å²) >= 11 is 0. The summed E-state index contributed by atoms with van der Waals surface area (Å²) < 4.78 is 5.75. The molecule has 8 nitrogen and oxygen atoms in total. The Morgan fingerprint density at radius 1 is 1.12 bits per heavy atom. The molecule has 2 N–H and O–H groups in total. The summed E-state index contributed by atoms with van der Waals surface area (Å²) in [4.78, 5) is 39.3. The lowest BCUT2D eigenvalue weighted by Crippen LogP contribution is -2.51. The van der Waals surface area contributed by atoms with Crippen LogP contribution in [-0.4, -0.2) is 60.0 Å². The largest absolute Gasteiger partial charge is 0.492 e. The molecule has 0 spiro atoms. The van der Waals surface area contributed by atoms with Crippen molar-refractivity contribution in [1.29, 1.82) is 0 Å². The van der Waals surface area contributed by atoms with Gasteiger partial charge in [-0.25, -0.2) is 4.79 Å². The number of aryl methyl sites for hydroxylation is 2. The number of hydrogen-bond donors (Lipinski definition) is 2. The average Bonchev–Trinajstić information content (AvgIpc) is 2.97. The number of para-hydroxylation sites is 1. The Labute approximate surface area is 188 Å². The number of carbonyl (C=O) groups excluding carboxylic acids is 3. The highest BCUT2D eigenvalue weighted by molar-refractivity contribution is 6.07. The van der Waals surface area contributed by atoms with Crippen LogP contribution >= 0.6 is 0 Å². The molecule has 8 heteroatoms.